The van der Waals surface area contributed by atoms with Crippen LogP contribution in [-0.2, 0) is 6.54 Å². The molecule has 1 aromatic heterocycles. The fourth-order valence-electron chi connectivity index (χ4n) is 3.73. The topological polar surface area (TPSA) is 34.6 Å². The Hall–Kier alpha value is -2.07. The molecule has 0 bridgehead atoms. The summed E-state index contributed by atoms with van der Waals surface area (Å²) in [6, 6.07) is 8.98. The Morgan fingerprint density at radius 1 is 1.04 bits per heavy atom. The smallest absolute Gasteiger partial charge is 0.161 e. The molecule has 1 aliphatic rings. The minimum atomic E-state index is 0.456. The van der Waals surface area contributed by atoms with Crippen LogP contribution < -0.4 is 9.47 Å². The Balaban J connectivity index is 1.88. The Labute approximate surface area is 150 Å². The van der Waals surface area contributed by atoms with Gasteiger partial charge < -0.3 is 9.47 Å². The standard InChI is InChI=1S/C21H28N2O2/c1-16-13-20(24-2)21(25-3)14-18(16)15-23-12-6-4-5-7-19(23)17-8-10-22-11-9-17/h8-11,13-14,19H,4-7,12,15H2,1-3H3/t19-/m0/s1. The number of benzene rings is 1. The van der Waals surface area contributed by atoms with Gasteiger partial charge in [0.1, 0.15) is 0 Å². The molecule has 2 aromatic rings. The number of rotatable bonds is 5. The normalized spacial score (nSPS) is 18.6. The van der Waals surface area contributed by atoms with Crippen LogP contribution in [0, 0.1) is 6.92 Å². The number of aryl methyl sites for hydroxylation is 1. The zero-order chi connectivity index (χ0) is 17.6. The number of likely N-dealkylation sites (tertiary alicyclic amines) is 1. The van der Waals surface area contributed by atoms with Crippen molar-refractivity contribution in [1.82, 2.24) is 9.88 Å². The lowest BCUT2D eigenvalue weighted by Gasteiger charge is -2.31. The lowest BCUT2D eigenvalue weighted by atomic mass is 10.0. The highest BCUT2D eigenvalue weighted by atomic mass is 16.5. The number of methoxy groups -OCH3 is 2. The van der Waals surface area contributed by atoms with Crippen molar-refractivity contribution < 1.29 is 9.47 Å². The summed E-state index contributed by atoms with van der Waals surface area (Å²) in [7, 11) is 3.38. The Morgan fingerprint density at radius 2 is 1.76 bits per heavy atom. The van der Waals surface area contributed by atoms with E-state index in [0.29, 0.717) is 6.04 Å². The first kappa shape index (κ1) is 17.7. The van der Waals surface area contributed by atoms with Crippen molar-refractivity contribution in [3.05, 3.63) is 53.3 Å². The van der Waals surface area contributed by atoms with E-state index in [1.54, 1.807) is 14.2 Å². The van der Waals surface area contributed by atoms with Crippen molar-refractivity contribution in [2.24, 2.45) is 0 Å². The highest BCUT2D eigenvalue weighted by molar-refractivity contribution is 5.47. The van der Waals surface area contributed by atoms with Crippen LogP contribution >= 0.6 is 0 Å². The molecular formula is C21H28N2O2. The van der Waals surface area contributed by atoms with E-state index in [-0.39, 0.29) is 0 Å². The second kappa shape index (κ2) is 8.34. The molecule has 1 aromatic carbocycles. The summed E-state index contributed by atoms with van der Waals surface area (Å²) < 4.78 is 10.9. The molecule has 1 atom stereocenters. The average molecular weight is 340 g/mol. The third-order valence-corrected chi connectivity index (χ3v) is 5.17. The molecule has 0 unspecified atom stereocenters. The molecule has 1 fully saturated rings. The predicted octanol–water partition coefficient (Wildman–Crippen LogP) is 4.52. The zero-order valence-corrected chi connectivity index (χ0v) is 15.5. The van der Waals surface area contributed by atoms with E-state index in [1.165, 1.54) is 42.4 Å². The van der Waals surface area contributed by atoms with Crippen molar-refractivity contribution in [2.75, 3.05) is 20.8 Å². The largest absolute Gasteiger partial charge is 0.493 e. The number of hydrogen-bond donors (Lipinski definition) is 0. The molecule has 0 amide bonds. The van der Waals surface area contributed by atoms with Crippen LogP contribution in [0.2, 0.25) is 0 Å². The maximum absolute atomic E-state index is 5.51. The van der Waals surface area contributed by atoms with Crippen LogP contribution in [0.3, 0.4) is 0 Å². The first-order valence-electron chi connectivity index (χ1n) is 9.08. The molecule has 0 N–H and O–H groups in total. The fraction of sp³-hybridized carbons (Fsp3) is 0.476. The molecule has 4 heteroatoms. The van der Waals surface area contributed by atoms with E-state index < -0.39 is 0 Å². The Morgan fingerprint density at radius 3 is 2.48 bits per heavy atom. The second-order valence-electron chi connectivity index (χ2n) is 6.75. The van der Waals surface area contributed by atoms with Gasteiger partial charge in [-0.05, 0) is 67.3 Å². The van der Waals surface area contributed by atoms with Crippen LogP contribution in [-0.4, -0.2) is 30.6 Å². The molecule has 1 saturated heterocycles. The highest BCUT2D eigenvalue weighted by Crippen LogP contribution is 2.34. The van der Waals surface area contributed by atoms with Crippen LogP contribution in [0.5, 0.6) is 11.5 Å². The van der Waals surface area contributed by atoms with Crippen molar-refractivity contribution in [1.29, 1.82) is 0 Å². The summed E-state index contributed by atoms with van der Waals surface area (Å²) in [4.78, 5) is 6.79. The number of aromatic nitrogens is 1. The Bertz CT molecular complexity index is 688. The van der Waals surface area contributed by atoms with Gasteiger partial charge in [0.15, 0.2) is 11.5 Å². The fourth-order valence-corrected chi connectivity index (χ4v) is 3.73. The lowest BCUT2D eigenvalue weighted by Crippen LogP contribution is -2.28. The van der Waals surface area contributed by atoms with E-state index in [9.17, 15) is 0 Å². The molecule has 4 nitrogen and oxygen atoms in total. The van der Waals surface area contributed by atoms with Crippen LogP contribution in [0.15, 0.2) is 36.7 Å². The van der Waals surface area contributed by atoms with Gasteiger partial charge in [-0.25, -0.2) is 0 Å². The Kier molecular flexibility index (Phi) is 5.92. The van der Waals surface area contributed by atoms with Crippen LogP contribution in [0.1, 0.15) is 48.4 Å². The van der Waals surface area contributed by atoms with Gasteiger partial charge >= 0.3 is 0 Å². The summed E-state index contributed by atoms with van der Waals surface area (Å²) in [6.45, 7) is 4.20. The summed E-state index contributed by atoms with van der Waals surface area (Å²) in [5.74, 6) is 1.60. The van der Waals surface area contributed by atoms with Crippen molar-refractivity contribution in [3.63, 3.8) is 0 Å². The first-order chi connectivity index (χ1) is 12.2. The van der Waals surface area contributed by atoms with E-state index in [4.69, 9.17) is 9.47 Å². The molecule has 0 saturated carbocycles. The van der Waals surface area contributed by atoms with E-state index in [1.807, 2.05) is 12.4 Å². The van der Waals surface area contributed by atoms with Gasteiger partial charge in [0.25, 0.3) is 0 Å². The summed E-state index contributed by atoms with van der Waals surface area (Å²) >= 11 is 0. The van der Waals surface area contributed by atoms with Crippen LogP contribution in [0.25, 0.3) is 0 Å². The number of ether oxygens (including phenoxy) is 2. The van der Waals surface area contributed by atoms with Gasteiger partial charge in [-0.2, -0.15) is 0 Å². The highest BCUT2D eigenvalue weighted by Gasteiger charge is 2.23. The van der Waals surface area contributed by atoms with E-state index >= 15 is 0 Å². The molecule has 0 radical (unpaired) electrons. The van der Waals surface area contributed by atoms with Gasteiger partial charge in [-0.3, -0.25) is 9.88 Å². The molecule has 2 heterocycles. The minimum Gasteiger partial charge on any atom is -0.493 e. The number of nitrogens with zero attached hydrogens (tertiary/aromatic N) is 2. The first-order valence-corrected chi connectivity index (χ1v) is 9.08. The third-order valence-electron chi connectivity index (χ3n) is 5.17. The summed E-state index contributed by atoms with van der Waals surface area (Å²) in [5, 5.41) is 0. The maximum atomic E-state index is 5.51. The van der Waals surface area contributed by atoms with E-state index in [2.05, 4.69) is 41.1 Å². The third kappa shape index (κ3) is 4.13. The zero-order valence-electron chi connectivity index (χ0n) is 15.5. The van der Waals surface area contributed by atoms with Gasteiger partial charge in [0, 0.05) is 25.0 Å². The average Bonchev–Trinajstić information content (AvgIpc) is 2.89. The van der Waals surface area contributed by atoms with Gasteiger partial charge in [-0.15, -0.1) is 0 Å². The van der Waals surface area contributed by atoms with Crippen LogP contribution in [0.4, 0.5) is 0 Å². The van der Waals surface area contributed by atoms with Crippen molar-refractivity contribution in [2.45, 2.75) is 45.2 Å². The SMILES string of the molecule is COc1cc(C)c(CN2CCCCC[C@H]2c2ccncc2)cc1OC. The van der Waals surface area contributed by atoms with Gasteiger partial charge in [0.2, 0.25) is 0 Å². The lowest BCUT2D eigenvalue weighted by molar-refractivity contribution is 0.191. The quantitative estimate of drug-likeness (QED) is 0.801. The van der Waals surface area contributed by atoms with Crippen molar-refractivity contribution >= 4 is 0 Å². The van der Waals surface area contributed by atoms with E-state index in [0.717, 1.165) is 24.6 Å². The number of hydrogen-bond acceptors (Lipinski definition) is 4. The molecule has 134 valence electrons. The van der Waals surface area contributed by atoms with Crippen molar-refractivity contribution in [3.8, 4) is 11.5 Å². The monoisotopic (exact) mass is 340 g/mol. The predicted molar refractivity (Wildman–Crippen MR) is 100 cm³/mol. The summed E-state index contributed by atoms with van der Waals surface area (Å²) in [6.07, 6.45) is 8.86. The maximum Gasteiger partial charge on any atom is 0.161 e. The minimum absolute atomic E-state index is 0.456. The summed E-state index contributed by atoms with van der Waals surface area (Å²) in [5.41, 5.74) is 3.92. The molecule has 3 rings (SSSR count). The molecule has 25 heavy (non-hydrogen) atoms. The molecule has 1 aliphatic heterocycles. The molecule has 0 spiro atoms. The van der Waals surface area contributed by atoms with Gasteiger partial charge in [-0.1, -0.05) is 12.8 Å². The number of pyridine rings is 1. The molecular weight excluding hydrogens is 312 g/mol. The van der Waals surface area contributed by atoms with Gasteiger partial charge in [0.05, 0.1) is 14.2 Å². The molecule has 0 aliphatic carbocycles. The second-order valence-corrected chi connectivity index (χ2v) is 6.75.